The number of benzene rings is 1. The molecule has 0 aromatic heterocycles. The van der Waals surface area contributed by atoms with Crippen molar-refractivity contribution < 1.29 is 14.3 Å². The van der Waals surface area contributed by atoms with Gasteiger partial charge in [0.25, 0.3) is 0 Å². The molecule has 134 valence electrons. The highest BCUT2D eigenvalue weighted by atomic mass is 35.5. The molecule has 3 N–H and O–H groups in total. The van der Waals surface area contributed by atoms with Crippen LogP contribution in [0.25, 0.3) is 0 Å². The fourth-order valence-corrected chi connectivity index (χ4v) is 2.70. The Bertz CT molecular complexity index is 554. The van der Waals surface area contributed by atoms with Gasteiger partial charge < -0.3 is 20.7 Å². The van der Waals surface area contributed by atoms with Gasteiger partial charge in [-0.15, -0.1) is 12.4 Å². The number of nitrogens with zero attached hydrogens (tertiary/aromatic N) is 1. The summed E-state index contributed by atoms with van der Waals surface area (Å²) in [5.74, 6) is 0.258. The Morgan fingerprint density at radius 3 is 2.83 bits per heavy atom. The molecule has 6 nitrogen and oxygen atoms in total. The van der Waals surface area contributed by atoms with Gasteiger partial charge in [-0.2, -0.15) is 0 Å². The van der Waals surface area contributed by atoms with Crippen molar-refractivity contribution in [2.24, 2.45) is 11.7 Å². The molecule has 0 spiro atoms. The summed E-state index contributed by atoms with van der Waals surface area (Å²) in [7, 11) is 0. The predicted molar refractivity (Wildman–Crippen MR) is 96.6 cm³/mol. The van der Waals surface area contributed by atoms with E-state index < -0.39 is 0 Å². The van der Waals surface area contributed by atoms with Crippen molar-refractivity contribution in [1.82, 2.24) is 5.32 Å². The monoisotopic (exact) mass is 355 g/mol. The van der Waals surface area contributed by atoms with Crippen LogP contribution in [-0.4, -0.2) is 38.1 Å². The summed E-state index contributed by atoms with van der Waals surface area (Å²) in [4.78, 5) is 26.1. The van der Waals surface area contributed by atoms with E-state index in [0.29, 0.717) is 32.0 Å². The van der Waals surface area contributed by atoms with Crippen LogP contribution < -0.4 is 20.7 Å². The summed E-state index contributed by atoms with van der Waals surface area (Å²) in [6.45, 7) is 4.06. The standard InChI is InChI=1S/C17H25N3O3.ClH/c1-2-23-15-8-4-3-7-14(15)20-12-13(11-16(20)21)17(22)19-10-6-5-9-18;/h3-4,7-8,13H,2,5-6,9-12,18H2,1H3,(H,19,22);1H. The van der Waals surface area contributed by atoms with Gasteiger partial charge in [-0.05, 0) is 38.4 Å². The number of anilines is 1. The number of halogens is 1. The van der Waals surface area contributed by atoms with E-state index in [-0.39, 0.29) is 36.6 Å². The number of carbonyl (C=O) groups excluding carboxylic acids is 2. The van der Waals surface area contributed by atoms with Crippen molar-refractivity contribution in [3.8, 4) is 5.75 Å². The second kappa shape index (κ2) is 10.2. The summed E-state index contributed by atoms with van der Waals surface area (Å²) in [5.41, 5.74) is 6.17. The molecule has 0 aliphatic carbocycles. The first-order valence-corrected chi connectivity index (χ1v) is 8.17. The Labute approximate surface area is 149 Å². The third-order valence-corrected chi connectivity index (χ3v) is 3.88. The van der Waals surface area contributed by atoms with E-state index in [1.807, 2.05) is 31.2 Å². The lowest BCUT2D eigenvalue weighted by atomic mass is 10.1. The Hall–Kier alpha value is -1.79. The lowest BCUT2D eigenvalue weighted by Crippen LogP contribution is -2.33. The quantitative estimate of drug-likeness (QED) is 0.695. The molecule has 7 heteroatoms. The van der Waals surface area contributed by atoms with Gasteiger partial charge in [-0.25, -0.2) is 0 Å². The van der Waals surface area contributed by atoms with E-state index in [4.69, 9.17) is 10.5 Å². The number of rotatable bonds is 8. The number of para-hydroxylation sites is 2. The molecule has 2 amide bonds. The summed E-state index contributed by atoms with van der Waals surface area (Å²) in [5, 5.41) is 2.89. The molecule has 1 atom stereocenters. The van der Waals surface area contributed by atoms with E-state index in [0.717, 1.165) is 18.5 Å². The molecule has 1 aromatic rings. The summed E-state index contributed by atoms with van der Waals surface area (Å²) in [6, 6.07) is 7.43. The van der Waals surface area contributed by atoms with Gasteiger partial charge in [0, 0.05) is 19.5 Å². The molecule has 0 radical (unpaired) electrons. The van der Waals surface area contributed by atoms with Crippen LogP contribution in [0.15, 0.2) is 24.3 Å². The minimum Gasteiger partial charge on any atom is -0.492 e. The van der Waals surface area contributed by atoms with E-state index in [1.165, 1.54) is 0 Å². The first kappa shape index (κ1) is 20.3. The molecular weight excluding hydrogens is 330 g/mol. The summed E-state index contributed by atoms with van der Waals surface area (Å²) >= 11 is 0. The van der Waals surface area contributed by atoms with Gasteiger partial charge >= 0.3 is 0 Å². The third-order valence-electron chi connectivity index (χ3n) is 3.88. The normalized spacial score (nSPS) is 16.7. The largest absolute Gasteiger partial charge is 0.492 e. The first-order chi connectivity index (χ1) is 11.2. The number of unbranched alkanes of at least 4 members (excludes halogenated alkanes) is 1. The van der Waals surface area contributed by atoms with Gasteiger partial charge in [-0.1, -0.05) is 12.1 Å². The van der Waals surface area contributed by atoms with Crippen LogP contribution in [-0.2, 0) is 9.59 Å². The van der Waals surface area contributed by atoms with Crippen LogP contribution in [0.1, 0.15) is 26.2 Å². The zero-order chi connectivity index (χ0) is 16.7. The van der Waals surface area contributed by atoms with Crippen LogP contribution in [0.3, 0.4) is 0 Å². The molecule has 24 heavy (non-hydrogen) atoms. The average Bonchev–Trinajstić information content (AvgIpc) is 2.94. The minimum atomic E-state index is -0.310. The average molecular weight is 356 g/mol. The van der Waals surface area contributed by atoms with Crippen molar-refractivity contribution in [2.75, 3.05) is 31.1 Å². The molecule has 1 saturated heterocycles. The summed E-state index contributed by atoms with van der Waals surface area (Å²) in [6.07, 6.45) is 1.99. The van der Waals surface area contributed by atoms with Crippen molar-refractivity contribution in [1.29, 1.82) is 0 Å². The molecule has 1 fully saturated rings. The number of nitrogens with two attached hydrogens (primary N) is 1. The number of nitrogens with one attached hydrogen (secondary N) is 1. The molecule has 0 saturated carbocycles. The van der Waals surface area contributed by atoms with Crippen LogP contribution in [0, 0.1) is 5.92 Å². The maximum Gasteiger partial charge on any atom is 0.227 e. The first-order valence-electron chi connectivity index (χ1n) is 8.17. The van der Waals surface area contributed by atoms with Crippen molar-refractivity contribution >= 4 is 29.9 Å². The zero-order valence-electron chi connectivity index (χ0n) is 14.0. The van der Waals surface area contributed by atoms with Gasteiger partial charge in [0.15, 0.2) is 0 Å². The lowest BCUT2D eigenvalue weighted by molar-refractivity contribution is -0.126. The van der Waals surface area contributed by atoms with Crippen molar-refractivity contribution in [3.63, 3.8) is 0 Å². The van der Waals surface area contributed by atoms with E-state index in [9.17, 15) is 9.59 Å². The Morgan fingerprint density at radius 1 is 1.38 bits per heavy atom. The Kier molecular flexibility index (Phi) is 8.57. The zero-order valence-corrected chi connectivity index (χ0v) is 14.8. The Morgan fingerprint density at radius 2 is 2.12 bits per heavy atom. The molecule has 1 aromatic carbocycles. The van der Waals surface area contributed by atoms with Crippen molar-refractivity contribution in [2.45, 2.75) is 26.2 Å². The molecule has 2 rings (SSSR count). The maximum absolute atomic E-state index is 12.3. The fraction of sp³-hybridized carbons (Fsp3) is 0.529. The topological polar surface area (TPSA) is 84.7 Å². The van der Waals surface area contributed by atoms with Gasteiger partial charge in [-0.3, -0.25) is 9.59 Å². The number of hydrogen-bond donors (Lipinski definition) is 2. The summed E-state index contributed by atoms with van der Waals surface area (Å²) < 4.78 is 5.58. The number of ether oxygens (including phenoxy) is 1. The molecule has 0 bridgehead atoms. The lowest BCUT2D eigenvalue weighted by Gasteiger charge is -2.20. The number of amides is 2. The van der Waals surface area contributed by atoms with Crippen LogP contribution in [0.5, 0.6) is 5.75 Å². The van der Waals surface area contributed by atoms with Gasteiger partial charge in [0.2, 0.25) is 11.8 Å². The Balaban J connectivity index is 0.00000288. The van der Waals surface area contributed by atoms with E-state index >= 15 is 0 Å². The molecule has 1 unspecified atom stereocenters. The van der Waals surface area contributed by atoms with Crippen LogP contribution >= 0.6 is 12.4 Å². The number of carbonyl (C=O) groups is 2. The molecule has 1 aliphatic heterocycles. The smallest absolute Gasteiger partial charge is 0.227 e. The predicted octanol–water partition coefficient (Wildman–Crippen LogP) is 1.72. The van der Waals surface area contributed by atoms with Gasteiger partial charge in [0.1, 0.15) is 5.75 Å². The van der Waals surface area contributed by atoms with E-state index in [2.05, 4.69) is 5.32 Å². The van der Waals surface area contributed by atoms with Crippen LogP contribution in [0.4, 0.5) is 5.69 Å². The van der Waals surface area contributed by atoms with Crippen molar-refractivity contribution in [3.05, 3.63) is 24.3 Å². The second-order valence-corrected chi connectivity index (χ2v) is 5.59. The second-order valence-electron chi connectivity index (χ2n) is 5.59. The highest BCUT2D eigenvalue weighted by molar-refractivity contribution is 6.01. The van der Waals surface area contributed by atoms with Crippen LogP contribution in [0.2, 0.25) is 0 Å². The SMILES string of the molecule is CCOc1ccccc1N1CC(C(=O)NCCCCN)CC1=O.Cl. The fourth-order valence-electron chi connectivity index (χ4n) is 2.70. The molecular formula is C17H26ClN3O3. The third kappa shape index (κ3) is 5.11. The van der Waals surface area contributed by atoms with Gasteiger partial charge in [0.05, 0.1) is 18.2 Å². The number of hydrogen-bond acceptors (Lipinski definition) is 4. The van der Waals surface area contributed by atoms with E-state index in [1.54, 1.807) is 4.90 Å². The highest BCUT2D eigenvalue weighted by Gasteiger charge is 2.36. The molecule has 1 heterocycles. The minimum absolute atomic E-state index is 0. The maximum atomic E-state index is 12.3. The molecule has 1 aliphatic rings. The highest BCUT2D eigenvalue weighted by Crippen LogP contribution is 2.33.